The number of halogens is 1. The fourth-order valence-electron chi connectivity index (χ4n) is 4.15. The van der Waals surface area contributed by atoms with Gasteiger partial charge in [-0.2, -0.15) is 0 Å². The van der Waals surface area contributed by atoms with Crippen LogP contribution in [0.15, 0.2) is 71.8 Å². The van der Waals surface area contributed by atoms with Gasteiger partial charge in [0.05, 0.1) is 22.2 Å². The highest BCUT2D eigenvalue weighted by molar-refractivity contribution is 7.22. The molecule has 9 heteroatoms. The van der Waals surface area contributed by atoms with E-state index in [1.807, 2.05) is 61.5 Å². The van der Waals surface area contributed by atoms with Gasteiger partial charge in [0, 0.05) is 41.2 Å². The van der Waals surface area contributed by atoms with E-state index >= 15 is 0 Å². The number of rotatable bonds is 5. The molecule has 2 aromatic heterocycles. The van der Waals surface area contributed by atoms with E-state index in [9.17, 15) is 14.7 Å². The molecule has 0 amide bonds. The van der Waals surface area contributed by atoms with E-state index in [-0.39, 0.29) is 12.1 Å². The number of fused-ring (bicyclic) bond motifs is 1. The Hall–Kier alpha value is -3.85. The Morgan fingerprint density at radius 3 is 2.30 bits per heavy atom. The van der Waals surface area contributed by atoms with Gasteiger partial charge in [0.15, 0.2) is 0 Å². The van der Waals surface area contributed by atoms with Gasteiger partial charge in [-0.25, -0.2) is 14.8 Å². The molecule has 0 aliphatic heterocycles. The van der Waals surface area contributed by atoms with Crippen LogP contribution < -0.4 is 5.69 Å². The van der Waals surface area contributed by atoms with Crippen molar-refractivity contribution in [2.75, 3.05) is 0 Å². The summed E-state index contributed by atoms with van der Waals surface area (Å²) in [4.78, 5) is 32.2. The third-order valence-electron chi connectivity index (χ3n) is 5.86. The van der Waals surface area contributed by atoms with Gasteiger partial charge in [-0.15, -0.1) is 11.3 Å². The Kier molecular flexibility index (Phi) is 8.54. The van der Waals surface area contributed by atoms with Gasteiger partial charge < -0.3 is 14.8 Å². The number of aliphatic carboxylic acids is 1. The van der Waals surface area contributed by atoms with Gasteiger partial charge in [-0.1, -0.05) is 41.9 Å². The van der Waals surface area contributed by atoms with Crippen molar-refractivity contribution >= 4 is 39.1 Å². The van der Waals surface area contributed by atoms with E-state index in [1.54, 1.807) is 40.2 Å². The molecular formula is C31H30ClN3O4S. The number of thiazole rings is 1. The lowest BCUT2D eigenvalue weighted by atomic mass is 9.93. The van der Waals surface area contributed by atoms with Crippen molar-refractivity contribution in [3.8, 4) is 32.8 Å². The molecular weight excluding hydrogens is 546 g/mol. The van der Waals surface area contributed by atoms with Gasteiger partial charge in [0.2, 0.25) is 0 Å². The summed E-state index contributed by atoms with van der Waals surface area (Å²) in [6.07, 6.45) is 3.25. The second-order valence-corrected chi connectivity index (χ2v) is 11.9. The monoisotopic (exact) mass is 575 g/mol. The summed E-state index contributed by atoms with van der Waals surface area (Å²) < 4.78 is 2.38. The van der Waals surface area contributed by atoms with Gasteiger partial charge >= 0.3 is 11.7 Å². The van der Waals surface area contributed by atoms with E-state index in [1.165, 1.54) is 15.9 Å². The molecule has 0 saturated carbocycles. The SMILES string of the molecule is CC(C)(C)O.Cc1cc2nc(-c3cccc(-c4cnc(=O)n(C)c4)c3)sc2c(-c2ccc(Cl)cc2)c1CC(=O)O. The highest BCUT2D eigenvalue weighted by Gasteiger charge is 2.19. The molecule has 0 spiro atoms. The molecule has 0 unspecified atom stereocenters. The number of carbonyl (C=O) groups is 1. The molecule has 0 bridgehead atoms. The lowest BCUT2D eigenvalue weighted by molar-refractivity contribution is -0.136. The van der Waals surface area contributed by atoms with E-state index in [4.69, 9.17) is 21.7 Å². The summed E-state index contributed by atoms with van der Waals surface area (Å²) in [5.41, 5.74) is 6.12. The normalized spacial score (nSPS) is 11.3. The van der Waals surface area contributed by atoms with Gasteiger partial charge in [-0.05, 0) is 74.2 Å². The number of hydrogen-bond donors (Lipinski definition) is 2. The molecule has 5 rings (SSSR count). The number of benzene rings is 3. The third kappa shape index (κ3) is 7.01. The molecule has 7 nitrogen and oxygen atoms in total. The fraction of sp³-hybridized carbons (Fsp3) is 0.226. The fourth-order valence-corrected chi connectivity index (χ4v) is 5.41. The number of aromatic nitrogens is 3. The zero-order chi connectivity index (χ0) is 29.2. The average Bonchev–Trinajstić information content (AvgIpc) is 3.29. The van der Waals surface area contributed by atoms with Crippen LogP contribution in [0.3, 0.4) is 0 Å². The molecule has 2 N–H and O–H groups in total. The van der Waals surface area contributed by atoms with Crippen LogP contribution in [0.5, 0.6) is 0 Å². The maximum absolute atomic E-state index is 11.7. The smallest absolute Gasteiger partial charge is 0.347 e. The molecule has 0 atom stereocenters. The van der Waals surface area contributed by atoms with E-state index in [0.717, 1.165) is 54.2 Å². The summed E-state index contributed by atoms with van der Waals surface area (Å²) >= 11 is 7.64. The second kappa shape index (κ2) is 11.7. The molecule has 0 saturated heterocycles. The van der Waals surface area contributed by atoms with Crippen LogP contribution in [0.2, 0.25) is 5.02 Å². The summed E-state index contributed by atoms with van der Waals surface area (Å²) in [6.45, 7) is 7.15. The number of aliphatic hydroxyl groups is 1. The van der Waals surface area contributed by atoms with E-state index in [0.29, 0.717) is 5.02 Å². The summed E-state index contributed by atoms with van der Waals surface area (Å²) in [6, 6.07) is 17.3. The molecule has 40 heavy (non-hydrogen) atoms. The summed E-state index contributed by atoms with van der Waals surface area (Å²) in [7, 11) is 1.67. The Morgan fingerprint density at radius 1 is 1.02 bits per heavy atom. The van der Waals surface area contributed by atoms with Crippen molar-refractivity contribution in [2.24, 2.45) is 7.05 Å². The number of carboxylic acid groups (broad SMARTS) is 1. The minimum Gasteiger partial charge on any atom is -0.481 e. The van der Waals surface area contributed by atoms with Gasteiger partial charge in [0.25, 0.3) is 0 Å². The average molecular weight is 576 g/mol. The van der Waals surface area contributed by atoms with Crippen molar-refractivity contribution < 1.29 is 15.0 Å². The number of nitrogens with zero attached hydrogens (tertiary/aromatic N) is 3. The van der Waals surface area contributed by atoms with Crippen LogP contribution in [0.25, 0.3) is 43.0 Å². The predicted octanol–water partition coefficient (Wildman–Crippen LogP) is 6.76. The van der Waals surface area contributed by atoms with Crippen LogP contribution in [0.1, 0.15) is 31.9 Å². The molecule has 0 aliphatic rings. The van der Waals surface area contributed by atoms with Gasteiger partial charge in [-0.3, -0.25) is 4.79 Å². The number of aryl methyl sites for hydroxylation is 2. The van der Waals surface area contributed by atoms with Crippen LogP contribution in [-0.4, -0.2) is 36.3 Å². The molecule has 0 radical (unpaired) electrons. The van der Waals surface area contributed by atoms with Gasteiger partial charge in [0.1, 0.15) is 5.01 Å². The Labute approximate surface area is 241 Å². The van der Waals surface area contributed by atoms with Crippen molar-refractivity contribution in [2.45, 2.75) is 39.7 Å². The lowest BCUT2D eigenvalue weighted by Gasteiger charge is -2.13. The topological polar surface area (TPSA) is 105 Å². The Balaban J connectivity index is 0.000000681. The number of carboxylic acids is 1. The molecule has 3 aromatic carbocycles. The van der Waals surface area contributed by atoms with Crippen molar-refractivity contribution in [3.05, 3.63) is 93.6 Å². The van der Waals surface area contributed by atoms with Crippen molar-refractivity contribution in [1.29, 1.82) is 0 Å². The highest BCUT2D eigenvalue weighted by Crippen LogP contribution is 2.41. The lowest BCUT2D eigenvalue weighted by Crippen LogP contribution is -2.18. The zero-order valence-corrected chi connectivity index (χ0v) is 24.5. The maximum Gasteiger partial charge on any atom is 0.347 e. The second-order valence-electron chi connectivity index (χ2n) is 10.5. The Bertz CT molecular complexity index is 1750. The predicted molar refractivity (Wildman–Crippen MR) is 162 cm³/mol. The molecule has 2 heterocycles. The highest BCUT2D eigenvalue weighted by atomic mass is 35.5. The summed E-state index contributed by atoms with van der Waals surface area (Å²) in [5, 5.41) is 19.5. The van der Waals surface area contributed by atoms with E-state index in [2.05, 4.69) is 4.98 Å². The van der Waals surface area contributed by atoms with Crippen LogP contribution in [0, 0.1) is 6.92 Å². The molecule has 5 aromatic rings. The quantitative estimate of drug-likeness (QED) is 0.240. The van der Waals surface area contributed by atoms with E-state index < -0.39 is 11.6 Å². The minimum atomic E-state index is -0.883. The zero-order valence-electron chi connectivity index (χ0n) is 22.9. The summed E-state index contributed by atoms with van der Waals surface area (Å²) in [5.74, 6) is -0.883. The van der Waals surface area contributed by atoms with Crippen molar-refractivity contribution in [1.82, 2.24) is 14.5 Å². The van der Waals surface area contributed by atoms with Crippen LogP contribution >= 0.6 is 22.9 Å². The maximum atomic E-state index is 11.7. The standard InChI is InChI=1S/C27H20ClN3O3S.C4H10O/c1-15-10-22-25(24(21(15)12-23(32)33)16-6-8-20(28)9-7-16)35-26(30-22)18-5-3-4-17(11-18)19-13-29-27(34)31(2)14-19;1-4(2,3)5/h3-11,13-14H,12H2,1-2H3,(H,32,33);5H,1-3H3. The number of hydrogen-bond acceptors (Lipinski definition) is 6. The Morgan fingerprint density at radius 2 is 1.68 bits per heavy atom. The molecule has 0 aliphatic carbocycles. The largest absolute Gasteiger partial charge is 0.481 e. The third-order valence-corrected chi connectivity index (χ3v) is 7.25. The first-order chi connectivity index (χ1) is 18.8. The van der Waals surface area contributed by atoms with Crippen molar-refractivity contribution in [3.63, 3.8) is 0 Å². The molecule has 0 fully saturated rings. The van der Waals surface area contributed by atoms with Crippen LogP contribution in [-0.2, 0) is 18.3 Å². The molecule has 206 valence electrons. The van der Waals surface area contributed by atoms with Crippen LogP contribution in [0.4, 0.5) is 0 Å². The first kappa shape index (κ1) is 29.1. The minimum absolute atomic E-state index is 0.0812. The first-order valence-electron chi connectivity index (χ1n) is 12.6. The first-order valence-corrected chi connectivity index (χ1v) is 13.8.